The van der Waals surface area contributed by atoms with Gasteiger partial charge >= 0.3 is 0 Å². The van der Waals surface area contributed by atoms with Gasteiger partial charge in [0.2, 0.25) is 0 Å². The lowest BCUT2D eigenvalue weighted by Gasteiger charge is -2.27. The first kappa shape index (κ1) is 25.1. The van der Waals surface area contributed by atoms with Crippen molar-refractivity contribution < 1.29 is 17.9 Å². The van der Waals surface area contributed by atoms with Crippen molar-refractivity contribution in [1.29, 1.82) is 0 Å². The largest absolute Gasteiger partial charge is 0.379 e. The number of ether oxygens (including phenoxy) is 1. The highest BCUT2D eigenvalue weighted by Gasteiger charge is 2.23. The van der Waals surface area contributed by atoms with Crippen LogP contribution in [0.1, 0.15) is 29.3 Å². The van der Waals surface area contributed by atoms with Crippen LogP contribution in [0.4, 0.5) is 5.13 Å². The molecule has 0 atom stereocenters. The number of thiazole rings is 1. The van der Waals surface area contributed by atoms with Crippen LogP contribution in [0.25, 0.3) is 10.2 Å². The molecule has 0 aliphatic carbocycles. The molecule has 182 valence electrons. The second kappa shape index (κ2) is 10.7. The van der Waals surface area contributed by atoms with E-state index in [0.29, 0.717) is 22.3 Å². The van der Waals surface area contributed by atoms with E-state index < -0.39 is 9.84 Å². The van der Waals surface area contributed by atoms with E-state index in [2.05, 4.69) is 4.90 Å². The van der Waals surface area contributed by atoms with Gasteiger partial charge in [0.15, 0.2) is 15.0 Å². The summed E-state index contributed by atoms with van der Waals surface area (Å²) in [5.74, 6) is -0.199. The molecule has 0 saturated carbocycles. The number of carbonyl (C=O) groups excluding carboxylic acids is 1. The lowest BCUT2D eigenvalue weighted by atomic mass is 10.2. The van der Waals surface area contributed by atoms with Gasteiger partial charge < -0.3 is 4.74 Å². The summed E-state index contributed by atoms with van der Waals surface area (Å²) < 4.78 is 30.6. The Kier molecular flexibility index (Phi) is 7.89. The minimum atomic E-state index is -3.33. The molecule has 2 aromatic carbocycles. The Bertz CT molecular complexity index is 1230. The third-order valence-corrected chi connectivity index (χ3v) is 9.25. The van der Waals surface area contributed by atoms with Crippen LogP contribution < -0.4 is 4.90 Å². The number of benzene rings is 2. The number of carbonyl (C=O) groups is 1. The fraction of sp³-hybridized carbons (Fsp3) is 0.417. The van der Waals surface area contributed by atoms with Crippen molar-refractivity contribution in [2.75, 3.05) is 50.0 Å². The summed E-state index contributed by atoms with van der Waals surface area (Å²) in [6.07, 6.45) is 0.774. The molecule has 0 bridgehead atoms. The van der Waals surface area contributed by atoms with Crippen molar-refractivity contribution in [3.8, 4) is 0 Å². The van der Waals surface area contributed by atoms with Gasteiger partial charge in [0.25, 0.3) is 5.91 Å². The summed E-state index contributed by atoms with van der Waals surface area (Å²) in [7, 11) is -3.33. The number of rotatable bonds is 8. The molecule has 4 rings (SSSR count). The van der Waals surface area contributed by atoms with E-state index in [4.69, 9.17) is 21.3 Å². The lowest BCUT2D eigenvalue weighted by Crippen LogP contribution is -2.39. The molecule has 1 aliphatic rings. The maximum atomic E-state index is 13.6. The highest BCUT2D eigenvalue weighted by atomic mass is 35.5. The third kappa shape index (κ3) is 5.44. The zero-order chi connectivity index (χ0) is 24.3. The Balaban J connectivity index is 1.62. The molecule has 0 unspecified atom stereocenters. The summed E-state index contributed by atoms with van der Waals surface area (Å²) in [5, 5.41) is 1.20. The molecule has 1 aromatic heterocycles. The molecule has 2 heterocycles. The van der Waals surface area contributed by atoms with E-state index in [1.165, 1.54) is 23.5 Å². The maximum Gasteiger partial charge on any atom is 0.260 e. The van der Waals surface area contributed by atoms with Crippen molar-refractivity contribution in [2.24, 2.45) is 0 Å². The maximum absolute atomic E-state index is 13.6. The first-order chi connectivity index (χ1) is 16.3. The lowest BCUT2D eigenvalue weighted by molar-refractivity contribution is 0.0376. The van der Waals surface area contributed by atoms with Crippen LogP contribution in [-0.4, -0.2) is 69.4 Å². The normalized spacial score (nSPS) is 15.0. The van der Waals surface area contributed by atoms with Gasteiger partial charge in [-0.05, 0) is 49.2 Å². The van der Waals surface area contributed by atoms with Gasteiger partial charge in [-0.3, -0.25) is 14.6 Å². The standard InChI is InChI=1S/C24H28ClN3O4S2/c1-3-34(30,31)19-8-6-18(7-9-19)23(29)28(12-4-11-27-13-15-32-16-14-27)24-26-21-17(2)5-10-20(25)22(21)33-24/h5-10H,3-4,11-16H2,1-2H3. The number of aromatic nitrogens is 1. The number of amides is 1. The number of sulfone groups is 1. The molecule has 3 aromatic rings. The van der Waals surface area contributed by atoms with E-state index >= 15 is 0 Å². The molecular formula is C24H28ClN3O4S2. The molecule has 1 saturated heterocycles. The predicted octanol–water partition coefficient (Wildman–Crippen LogP) is 4.42. The van der Waals surface area contributed by atoms with E-state index in [9.17, 15) is 13.2 Å². The van der Waals surface area contributed by atoms with E-state index in [-0.39, 0.29) is 16.6 Å². The molecule has 1 aliphatic heterocycles. The van der Waals surface area contributed by atoms with Crippen LogP contribution in [0.5, 0.6) is 0 Å². The van der Waals surface area contributed by atoms with Crippen molar-refractivity contribution in [1.82, 2.24) is 9.88 Å². The Morgan fingerprint density at radius 3 is 2.53 bits per heavy atom. The molecule has 34 heavy (non-hydrogen) atoms. The SMILES string of the molecule is CCS(=O)(=O)c1ccc(C(=O)N(CCCN2CCOCC2)c2nc3c(C)ccc(Cl)c3s2)cc1. The molecule has 7 nitrogen and oxygen atoms in total. The zero-order valence-electron chi connectivity index (χ0n) is 19.3. The number of morpholine rings is 1. The summed E-state index contributed by atoms with van der Waals surface area (Å²) in [4.78, 5) is 22.6. The Morgan fingerprint density at radius 2 is 1.88 bits per heavy atom. The summed E-state index contributed by atoms with van der Waals surface area (Å²) in [6.45, 7) is 8.14. The highest BCUT2D eigenvalue weighted by Crippen LogP contribution is 2.36. The number of fused-ring (bicyclic) bond motifs is 1. The fourth-order valence-corrected chi connectivity index (χ4v) is 6.12. The smallest absolute Gasteiger partial charge is 0.260 e. The van der Waals surface area contributed by atoms with Crippen LogP contribution in [0.3, 0.4) is 0 Å². The predicted molar refractivity (Wildman–Crippen MR) is 137 cm³/mol. The monoisotopic (exact) mass is 521 g/mol. The average Bonchev–Trinajstić information content (AvgIpc) is 3.31. The first-order valence-electron chi connectivity index (χ1n) is 11.3. The Labute approximate surface area is 209 Å². The molecule has 10 heteroatoms. The minimum absolute atomic E-state index is 0.0137. The van der Waals surface area contributed by atoms with Crippen LogP contribution >= 0.6 is 22.9 Å². The topological polar surface area (TPSA) is 79.8 Å². The first-order valence-corrected chi connectivity index (χ1v) is 14.2. The van der Waals surface area contributed by atoms with Gasteiger partial charge in [-0.15, -0.1) is 0 Å². The average molecular weight is 522 g/mol. The molecule has 0 radical (unpaired) electrons. The molecule has 1 amide bonds. The number of anilines is 1. The molecule has 0 spiro atoms. The Hall–Kier alpha value is -2.04. The van der Waals surface area contributed by atoms with Gasteiger partial charge in [-0.1, -0.05) is 35.9 Å². The van der Waals surface area contributed by atoms with Crippen molar-refractivity contribution in [2.45, 2.75) is 25.2 Å². The van der Waals surface area contributed by atoms with Gasteiger partial charge in [0, 0.05) is 31.7 Å². The summed E-state index contributed by atoms with van der Waals surface area (Å²) >= 11 is 7.81. The van der Waals surface area contributed by atoms with Crippen LogP contribution in [0, 0.1) is 6.92 Å². The molecular weight excluding hydrogens is 494 g/mol. The van der Waals surface area contributed by atoms with Gasteiger partial charge in [0.05, 0.1) is 39.1 Å². The van der Waals surface area contributed by atoms with Crippen molar-refractivity contribution in [3.05, 3.63) is 52.5 Å². The molecule has 1 fully saturated rings. The van der Waals surface area contributed by atoms with Crippen LogP contribution in [0.15, 0.2) is 41.3 Å². The van der Waals surface area contributed by atoms with Gasteiger partial charge in [0.1, 0.15) is 0 Å². The van der Waals surface area contributed by atoms with Crippen LogP contribution in [0.2, 0.25) is 5.02 Å². The van der Waals surface area contributed by atoms with Gasteiger partial charge in [-0.2, -0.15) is 0 Å². The zero-order valence-corrected chi connectivity index (χ0v) is 21.7. The highest BCUT2D eigenvalue weighted by molar-refractivity contribution is 7.91. The number of aryl methyl sites for hydroxylation is 1. The van der Waals surface area contributed by atoms with E-state index in [1.807, 2.05) is 19.1 Å². The molecule has 0 N–H and O–H groups in total. The van der Waals surface area contributed by atoms with E-state index in [1.54, 1.807) is 24.0 Å². The van der Waals surface area contributed by atoms with Crippen molar-refractivity contribution >= 4 is 54.0 Å². The second-order valence-electron chi connectivity index (χ2n) is 8.23. The van der Waals surface area contributed by atoms with Gasteiger partial charge in [-0.25, -0.2) is 13.4 Å². The minimum Gasteiger partial charge on any atom is -0.379 e. The second-order valence-corrected chi connectivity index (χ2v) is 11.9. The van der Waals surface area contributed by atoms with Crippen LogP contribution in [-0.2, 0) is 14.6 Å². The quantitative estimate of drug-likeness (QED) is 0.436. The summed E-state index contributed by atoms with van der Waals surface area (Å²) in [6, 6.07) is 9.91. The summed E-state index contributed by atoms with van der Waals surface area (Å²) in [5.41, 5.74) is 2.21. The number of halogens is 1. The Morgan fingerprint density at radius 1 is 1.18 bits per heavy atom. The van der Waals surface area contributed by atoms with Crippen molar-refractivity contribution in [3.63, 3.8) is 0 Å². The number of hydrogen-bond donors (Lipinski definition) is 0. The third-order valence-electron chi connectivity index (χ3n) is 5.96. The van der Waals surface area contributed by atoms with E-state index in [0.717, 1.165) is 55.0 Å². The number of hydrogen-bond acceptors (Lipinski definition) is 7. The number of nitrogens with zero attached hydrogens (tertiary/aromatic N) is 3. The fourth-order valence-electron chi connectivity index (χ4n) is 3.89.